The molecule has 1 N–H and O–H groups in total. The van der Waals surface area contributed by atoms with Crippen molar-refractivity contribution in [3.8, 4) is 0 Å². The molecule has 0 atom stereocenters. The first-order valence-electron chi connectivity index (χ1n) is 4.18. The van der Waals surface area contributed by atoms with E-state index in [9.17, 15) is 0 Å². The van der Waals surface area contributed by atoms with E-state index < -0.39 is 0 Å². The van der Waals surface area contributed by atoms with Gasteiger partial charge in [0.05, 0.1) is 12.9 Å². The van der Waals surface area contributed by atoms with Crippen LogP contribution in [0.5, 0.6) is 0 Å². The number of rotatable bonds is 3. The van der Waals surface area contributed by atoms with Crippen LogP contribution in [0.15, 0.2) is 17.7 Å². The molecular formula is C8H10N4OS. The van der Waals surface area contributed by atoms with E-state index in [1.165, 1.54) is 18.1 Å². The summed E-state index contributed by atoms with van der Waals surface area (Å²) in [7, 11) is 1.89. The van der Waals surface area contributed by atoms with Gasteiger partial charge in [0.25, 0.3) is 0 Å². The van der Waals surface area contributed by atoms with Gasteiger partial charge in [0.15, 0.2) is 5.65 Å². The number of aliphatic hydroxyl groups excluding tert-OH is 1. The van der Waals surface area contributed by atoms with Crippen LogP contribution in [0.1, 0.15) is 0 Å². The number of aryl methyl sites for hydroxylation is 1. The molecule has 0 saturated carbocycles. The van der Waals surface area contributed by atoms with Crippen LogP contribution in [0.3, 0.4) is 0 Å². The van der Waals surface area contributed by atoms with Gasteiger partial charge < -0.3 is 9.67 Å². The van der Waals surface area contributed by atoms with Crippen molar-refractivity contribution in [3.05, 3.63) is 12.7 Å². The topological polar surface area (TPSA) is 63.8 Å². The molecule has 0 aromatic carbocycles. The van der Waals surface area contributed by atoms with E-state index in [2.05, 4.69) is 15.0 Å². The number of thioether (sulfide) groups is 1. The lowest BCUT2D eigenvalue weighted by atomic mass is 10.5. The molecule has 2 aromatic rings. The van der Waals surface area contributed by atoms with Crippen LogP contribution < -0.4 is 0 Å². The summed E-state index contributed by atoms with van der Waals surface area (Å²) in [4.78, 5) is 12.5. The van der Waals surface area contributed by atoms with Crippen LogP contribution in [0.25, 0.3) is 11.2 Å². The Morgan fingerprint density at radius 3 is 3.07 bits per heavy atom. The zero-order chi connectivity index (χ0) is 9.97. The Morgan fingerprint density at radius 2 is 2.29 bits per heavy atom. The van der Waals surface area contributed by atoms with Crippen LogP contribution >= 0.6 is 11.8 Å². The Balaban J connectivity index is 2.44. The smallest absolute Gasteiger partial charge is 0.164 e. The van der Waals surface area contributed by atoms with Crippen molar-refractivity contribution >= 4 is 22.9 Å². The number of aliphatic hydroxyl groups is 1. The van der Waals surface area contributed by atoms with Gasteiger partial charge in [0.2, 0.25) is 0 Å². The first-order valence-corrected chi connectivity index (χ1v) is 5.17. The Morgan fingerprint density at radius 1 is 1.43 bits per heavy atom. The van der Waals surface area contributed by atoms with Crippen LogP contribution in [-0.2, 0) is 7.05 Å². The fourth-order valence-corrected chi connectivity index (χ4v) is 1.86. The molecule has 0 unspecified atom stereocenters. The van der Waals surface area contributed by atoms with E-state index in [0.29, 0.717) is 5.75 Å². The Kier molecular flexibility index (Phi) is 2.64. The zero-order valence-electron chi connectivity index (χ0n) is 7.71. The first kappa shape index (κ1) is 9.42. The van der Waals surface area contributed by atoms with Crippen molar-refractivity contribution in [3.63, 3.8) is 0 Å². The third kappa shape index (κ3) is 1.58. The fraction of sp³-hybridized carbons (Fsp3) is 0.375. The van der Waals surface area contributed by atoms with Gasteiger partial charge in [0.1, 0.15) is 16.9 Å². The minimum atomic E-state index is 0.142. The molecule has 74 valence electrons. The Hall–Kier alpha value is -1.14. The van der Waals surface area contributed by atoms with Gasteiger partial charge >= 0.3 is 0 Å². The van der Waals surface area contributed by atoms with Crippen LogP contribution in [0, 0.1) is 0 Å². The van der Waals surface area contributed by atoms with Crippen LogP contribution in [0.2, 0.25) is 0 Å². The average Bonchev–Trinajstić information content (AvgIpc) is 2.58. The maximum atomic E-state index is 8.72. The normalized spacial score (nSPS) is 11.0. The predicted molar refractivity (Wildman–Crippen MR) is 54.1 cm³/mol. The first-order chi connectivity index (χ1) is 6.83. The maximum absolute atomic E-state index is 8.72. The number of aromatic nitrogens is 4. The Bertz CT molecular complexity index is 442. The van der Waals surface area contributed by atoms with E-state index >= 15 is 0 Å². The monoisotopic (exact) mass is 210 g/mol. The summed E-state index contributed by atoms with van der Waals surface area (Å²) in [5.74, 6) is 0.628. The molecule has 0 radical (unpaired) electrons. The van der Waals surface area contributed by atoms with Crippen LogP contribution in [-0.4, -0.2) is 37.0 Å². The summed E-state index contributed by atoms with van der Waals surface area (Å²) in [6.07, 6.45) is 3.23. The van der Waals surface area contributed by atoms with E-state index in [0.717, 1.165) is 16.2 Å². The third-order valence-electron chi connectivity index (χ3n) is 1.79. The lowest BCUT2D eigenvalue weighted by molar-refractivity contribution is 0.322. The fourth-order valence-electron chi connectivity index (χ4n) is 1.17. The molecule has 0 aliphatic rings. The van der Waals surface area contributed by atoms with Crippen molar-refractivity contribution in [2.75, 3.05) is 12.4 Å². The highest BCUT2D eigenvalue weighted by molar-refractivity contribution is 7.99. The summed E-state index contributed by atoms with van der Waals surface area (Å²) in [5, 5.41) is 9.54. The van der Waals surface area contributed by atoms with Crippen molar-refractivity contribution in [1.29, 1.82) is 0 Å². The van der Waals surface area contributed by atoms with Crippen molar-refractivity contribution < 1.29 is 5.11 Å². The standard InChI is InChI=1S/C8H10N4OS/c1-12-5-11-6-7(12)9-4-10-8(6)14-3-2-13/h4-5,13H,2-3H2,1H3. The van der Waals surface area contributed by atoms with Gasteiger partial charge in [-0.3, -0.25) is 0 Å². The van der Waals surface area contributed by atoms with E-state index in [1.54, 1.807) is 6.33 Å². The number of nitrogens with zero attached hydrogens (tertiary/aromatic N) is 4. The molecule has 0 aliphatic heterocycles. The molecule has 14 heavy (non-hydrogen) atoms. The summed E-state index contributed by atoms with van der Waals surface area (Å²) in [6, 6.07) is 0. The van der Waals surface area contributed by atoms with Gasteiger partial charge in [-0.2, -0.15) is 0 Å². The molecule has 0 spiro atoms. The summed E-state index contributed by atoms with van der Waals surface area (Å²) in [6.45, 7) is 0.142. The lowest BCUT2D eigenvalue weighted by Gasteiger charge is -1.98. The highest BCUT2D eigenvalue weighted by Gasteiger charge is 2.07. The van der Waals surface area contributed by atoms with Crippen molar-refractivity contribution in [2.24, 2.45) is 7.05 Å². The van der Waals surface area contributed by atoms with Crippen molar-refractivity contribution in [1.82, 2.24) is 19.5 Å². The molecule has 0 saturated heterocycles. The quantitative estimate of drug-likeness (QED) is 0.588. The SMILES string of the molecule is Cn1cnc2c(SCCO)ncnc21. The predicted octanol–water partition coefficient (Wildman–Crippen LogP) is 0.448. The second-order valence-corrected chi connectivity index (χ2v) is 3.86. The summed E-state index contributed by atoms with van der Waals surface area (Å²) in [5.41, 5.74) is 1.62. The summed E-state index contributed by atoms with van der Waals surface area (Å²) >= 11 is 1.49. The molecule has 0 aliphatic carbocycles. The number of hydrogen-bond acceptors (Lipinski definition) is 5. The highest BCUT2D eigenvalue weighted by Crippen LogP contribution is 2.21. The molecule has 6 heteroatoms. The number of fused-ring (bicyclic) bond motifs is 1. The molecule has 0 bridgehead atoms. The average molecular weight is 210 g/mol. The minimum Gasteiger partial charge on any atom is -0.396 e. The molecule has 2 heterocycles. The molecule has 2 aromatic heterocycles. The second-order valence-electron chi connectivity index (χ2n) is 2.78. The third-order valence-corrected chi connectivity index (χ3v) is 2.75. The van der Waals surface area contributed by atoms with E-state index in [-0.39, 0.29) is 6.61 Å². The molecular weight excluding hydrogens is 200 g/mol. The van der Waals surface area contributed by atoms with E-state index in [1.807, 2.05) is 11.6 Å². The minimum absolute atomic E-state index is 0.142. The molecule has 2 rings (SSSR count). The molecule has 0 amide bonds. The largest absolute Gasteiger partial charge is 0.396 e. The molecule has 0 fully saturated rings. The van der Waals surface area contributed by atoms with Gasteiger partial charge in [-0.1, -0.05) is 0 Å². The van der Waals surface area contributed by atoms with Gasteiger partial charge in [-0.25, -0.2) is 15.0 Å². The summed E-state index contributed by atoms with van der Waals surface area (Å²) < 4.78 is 1.85. The van der Waals surface area contributed by atoms with E-state index in [4.69, 9.17) is 5.11 Å². The molecule has 5 nitrogen and oxygen atoms in total. The zero-order valence-corrected chi connectivity index (χ0v) is 8.53. The van der Waals surface area contributed by atoms with Crippen molar-refractivity contribution in [2.45, 2.75) is 5.03 Å². The second kappa shape index (κ2) is 3.93. The van der Waals surface area contributed by atoms with Crippen LogP contribution in [0.4, 0.5) is 0 Å². The van der Waals surface area contributed by atoms with Gasteiger partial charge in [-0.15, -0.1) is 11.8 Å². The highest BCUT2D eigenvalue weighted by atomic mass is 32.2. The van der Waals surface area contributed by atoms with Gasteiger partial charge in [-0.05, 0) is 0 Å². The number of imidazole rings is 1. The maximum Gasteiger partial charge on any atom is 0.164 e. The Labute approximate surface area is 85.2 Å². The van der Waals surface area contributed by atoms with Gasteiger partial charge in [0, 0.05) is 12.8 Å². The number of hydrogen-bond donors (Lipinski definition) is 1. The lowest BCUT2D eigenvalue weighted by Crippen LogP contribution is -1.92.